The second kappa shape index (κ2) is 8.51. The van der Waals surface area contributed by atoms with Gasteiger partial charge >= 0.3 is 0 Å². The molecule has 0 amide bonds. The highest BCUT2D eigenvalue weighted by molar-refractivity contribution is 5.57. The van der Waals surface area contributed by atoms with Crippen LogP contribution in [0.5, 0.6) is 0 Å². The van der Waals surface area contributed by atoms with E-state index < -0.39 is 0 Å². The molecule has 0 aliphatic rings. The second-order valence-electron chi connectivity index (χ2n) is 6.13. The monoisotopic (exact) mass is 312 g/mol. The molecule has 1 N–H and O–H groups in total. The van der Waals surface area contributed by atoms with Gasteiger partial charge in [0.25, 0.3) is 0 Å². The van der Waals surface area contributed by atoms with E-state index in [1.165, 1.54) is 5.56 Å². The molecule has 0 fully saturated rings. The lowest BCUT2D eigenvalue weighted by molar-refractivity contribution is 0.722. The first kappa shape index (κ1) is 17.3. The summed E-state index contributed by atoms with van der Waals surface area (Å²) in [5, 5.41) is 3.37. The third-order valence-electron chi connectivity index (χ3n) is 3.76. The van der Waals surface area contributed by atoms with Gasteiger partial charge in [0.2, 0.25) is 5.95 Å². The summed E-state index contributed by atoms with van der Waals surface area (Å²) in [7, 11) is 0. The molecule has 4 nitrogen and oxygen atoms in total. The van der Waals surface area contributed by atoms with Gasteiger partial charge in [0, 0.05) is 25.0 Å². The van der Waals surface area contributed by atoms with Crippen LogP contribution >= 0.6 is 0 Å². The number of nitrogens with zero attached hydrogens (tertiary/aromatic N) is 3. The number of hydrogen-bond acceptors (Lipinski definition) is 4. The Balaban J connectivity index is 2.12. The van der Waals surface area contributed by atoms with Gasteiger partial charge < -0.3 is 10.2 Å². The average Bonchev–Trinajstić information content (AvgIpc) is 2.55. The summed E-state index contributed by atoms with van der Waals surface area (Å²) < 4.78 is 0. The molecule has 1 aromatic heterocycles. The lowest BCUT2D eigenvalue weighted by Gasteiger charge is -2.21. The average molecular weight is 312 g/mol. The van der Waals surface area contributed by atoms with Gasteiger partial charge in [-0.15, -0.1) is 0 Å². The van der Waals surface area contributed by atoms with Crippen molar-refractivity contribution in [3.05, 3.63) is 42.1 Å². The number of aromatic nitrogens is 2. The summed E-state index contributed by atoms with van der Waals surface area (Å²) in [5.41, 5.74) is 2.40. The number of hydrogen-bond donors (Lipinski definition) is 1. The molecule has 0 saturated heterocycles. The van der Waals surface area contributed by atoms with Crippen LogP contribution < -0.4 is 10.2 Å². The smallest absolute Gasteiger partial charge is 0.227 e. The van der Waals surface area contributed by atoms with Gasteiger partial charge in [0.15, 0.2) is 0 Å². The first-order valence-corrected chi connectivity index (χ1v) is 8.59. The zero-order valence-electron chi connectivity index (χ0n) is 14.7. The predicted octanol–water partition coefficient (Wildman–Crippen LogP) is 4.97. The van der Waals surface area contributed by atoms with Crippen molar-refractivity contribution < 1.29 is 0 Å². The summed E-state index contributed by atoms with van der Waals surface area (Å²) in [6.07, 6.45) is 4.01. The second-order valence-corrected chi connectivity index (χ2v) is 6.13. The fourth-order valence-corrected chi connectivity index (χ4v) is 2.52. The topological polar surface area (TPSA) is 41.1 Å². The first-order valence-electron chi connectivity index (χ1n) is 8.59. The zero-order valence-corrected chi connectivity index (χ0v) is 14.7. The van der Waals surface area contributed by atoms with Crippen LogP contribution in [0.15, 0.2) is 36.5 Å². The standard InChI is InChI=1S/C19H28N4/c1-5-13-23(14-6-2)19-20-12-11-18(22-19)21-17-9-7-16(8-10-17)15(3)4/h7-12,15H,5-6,13-14H2,1-4H3,(H,20,21,22). The minimum absolute atomic E-state index is 0.548. The Hall–Kier alpha value is -2.10. The van der Waals surface area contributed by atoms with E-state index in [1.807, 2.05) is 12.3 Å². The molecule has 0 aliphatic heterocycles. The van der Waals surface area contributed by atoms with Gasteiger partial charge in [-0.3, -0.25) is 0 Å². The molecule has 124 valence electrons. The van der Waals surface area contributed by atoms with Crippen LogP contribution in [0.1, 0.15) is 52.0 Å². The van der Waals surface area contributed by atoms with Crippen molar-refractivity contribution in [2.45, 2.75) is 46.5 Å². The van der Waals surface area contributed by atoms with E-state index in [4.69, 9.17) is 0 Å². The number of benzene rings is 1. The van der Waals surface area contributed by atoms with Gasteiger partial charge in [-0.05, 0) is 42.5 Å². The van der Waals surface area contributed by atoms with E-state index in [-0.39, 0.29) is 0 Å². The van der Waals surface area contributed by atoms with Crippen LogP contribution in [0.4, 0.5) is 17.5 Å². The number of anilines is 3. The largest absolute Gasteiger partial charge is 0.341 e. The van der Waals surface area contributed by atoms with Crippen molar-refractivity contribution in [1.82, 2.24) is 9.97 Å². The van der Waals surface area contributed by atoms with Crippen molar-refractivity contribution in [3.8, 4) is 0 Å². The molecule has 0 aliphatic carbocycles. The van der Waals surface area contributed by atoms with E-state index in [9.17, 15) is 0 Å². The minimum atomic E-state index is 0.548. The van der Waals surface area contributed by atoms with Crippen molar-refractivity contribution in [3.63, 3.8) is 0 Å². The molecule has 0 radical (unpaired) electrons. The number of nitrogens with one attached hydrogen (secondary N) is 1. The highest BCUT2D eigenvalue weighted by Crippen LogP contribution is 2.20. The highest BCUT2D eigenvalue weighted by atomic mass is 15.3. The van der Waals surface area contributed by atoms with Crippen molar-refractivity contribution >= 4 is 17.5 Å². The Kier molecular flexibility index (Phi) is 6.39. The van der Waals surface area contributed by atoms with Crippen LogP contribution in [0.25, 0.3) is 0 Å². The fourth-order valence-electron chi connectivity index (χ4n) is 2.52. The molecule has 1 heterocycles. The molecule has 0 bridgehead atoms. The summed E-state index contributed by atoms with van der Waals surface area (Å²) >= 11 is 0. The fraction of sp³-hybridized carbons (Fsp3) is 0.474. The Morgan fingerprint density at radius 2 is 1.65 bits per heavy atom. The van der Waals surface area contributed by atoms with Crippen LogP contribution in [0.3, 0.4) is 0 Å². The Labute approximate surface area is 140 Å². The molecular formula is C19H28N4. The zero-order chi connectivity index (χ0) is 16.7. The molecule has 2 aromatic rings. The Morgan fingerprint density at radius 1 is 1.00 bits per heavy atom. The van der Waals surface area contributed by atoms with Crippen molar-refractivity contribution in [1.29, 1.82) is 0 Å². The van der Waals surface area contributed by atoms with E-state index in [2.05, 4.69) is 72.1 Å². The third kappa shape index (κ3) is 4.95. The van der Waals surface area contributed by atoms with Crippen molar-refractivity contribution in [2.24, 2.45) is 0 Å². The van der Waals surface area contributed by atoms with E-state index >= 15 is 0 Å². The third-order valence-corrected chi connectivity index (χ3v) is 3.76. The molecule has 2 rings (SSSR count). The molecule has 0 unspecified atom stereocenters. The molecule has 4 heteroatoms. The first-order chi connectivity index (χ1) is 11.1. The van der Waals surface area contributed by atoms with Crippen LogP contribution in [0.2, 0.25) is 0 Å². The molecule has 0 atom stereocenters. The van der Waals surface area contributed by atoms with Gasteiger partial charge in [0.1, 0.15) is 5.82 Å². The Morgan fingerprint density at radius 3 is 2.22 bits per heavy atom. The molecule has 0 saturated carbocycles. The lowest BCUT2D eigenvalue weighted by atomic mass is 10.0. The summed E-state index contributed by atoms with van der Waals surface area (Å²) in [6, 6.07) is 10.4. The van der Waals surface area contributed by atoms with Crippen molar-refractivity contribution in [2.75, 3.05) is 23.3 Å². The Bertz CT molecular complexity index is 587. The molecule has 1 aromatic carbocycles. The quantitative estimate of drug-likeness (QED) is 0.747. The van der Waals surface area contributed by atoms with Crippen LogP contribution in [0, 0.1) is 0 Å². The SMILES string of the molecule is CCCN(CCC)c1nccc(Nc2ccc(C(C)C)cc2)n1. The van der Waals surface area contributed by atoms with Gasteiger partial charge in [-0.1, -0.05) is 39.8 Å². The molecular weight excluding hydrogens is 284 g/mol. The lowest BCUT2D eigenvalue weighted by Crippen LogP contribution is -2.26. The van der Waals surface area contributed by atoms with Crippen LogP contribution in [-0.4, -0.2) is 23.1 Å². The summed E-state index contributed by atoms with van der Waals surface area (Å²) in [5.74, 6) is 2.19. The highest BCUT2D eigenvalue weighted by Gasteiger charge is 2.08. The maximum Gasteiger partial charge on any atom is 0.227 e. The molecule has 0 spiro atoms. The maximum atomic E-state index is 4.67. The predicted molar refractivity (Wildman–Crippen MR) is 98.6 cm³/mol. The number of rotatable bonds is 8. The molecule has 23 heavy (non-hydrogen) atoms. The van der Waals surface area contributed by atoms with E-state index in [0.29, 0.717) is 5.92 Å². The van der Waals surface area contributed by atoms with Crippen LogP contribution in [-0.2, 0) is 0 Å². The summed E-state index contributed by atoms with van der Waals surface area (Å²) in [4.78, 5) is 11.3. The van der Waals surface area contributed by atoms with E-state index in [1.54, 1.807) is 0 Å². The van der Waals surface area contributed by atoms with E-state index in [0.717, 1.165) is 43.4 Å². The van der Waals surface area contributed by atoms with Gasteiger partial charge in [-0.25, -0.2) is 4.98 Å². The van der Waals surface area contributed by atoms with Gasteiger partial charge in [0.05, 0.1) is 0 Å². The minimum Gasteiger partial charge on any atom is -0.341 e. The van der Waals surface area contributed by atoms with Gasteiger partial charge in [-0.2, -0.15) is 4.98 Å². The maximum absolute atomic E-state index is 4.67. The summed E-state index contributed by atoms with van der Waals surface area (Å²) in [6.45, 7) is 10.7. The normalized spacial score (nSPS) is 10.8.